The van der Waals surface area contributed by atoms with Gasteiger partial charge in [0.1, 0.15) is 0 Å². The summed E-state index contributed by atoms with van der Waals surface area (Å²) in [6.45, 7) is -6.25. The van der Waals surface area contributed by atoms with Crippen molar-refractivity contribution in [2.24, 2.45) is 0 Å². The molecule has 0 unspecified atom stereocenters. The van der Waals surface area contributed by atoms with Crippen LogP contribution in [0.25, 0.3) is 0 Å². The molecule has 1 aliphatic heterocycles. The van der Waals surface area contributed by atoms with Crippen LogP contribution in [0.15, 0.2) is 60.5 Å². The van der Waals surface area contributed by atoms with Crippen LogP contribution in [-0.4, -0.2) is 36.4 Å². The highest BCUT2D eigenvalue weighted by atomic mass is 16.2. The maximum atomic E-state index is 13.5. The van der Waals surface area contributed by atoms with Gasteiger partial charge in [0.15, 0.2) is 0 Å². The summed E-state index contributed by atoms with van der Waals surface area (Å²) in [5.41, 5.74) is -0.556. The van der Waals surface area contributed by atoms with Crippen molar-refractivity contribution in [3.05, 3.63) is 66.1 Å². The maximum Gasteiger partial charge on any atom is 0.226 e. The molecular formula is C22H28N2O. The minimum absolute atomic E-state index is 0.110. The lowest BCUT2D eigenvalue weighted by Crippen LogP contribution is -2.47. The summed E-state index contributed by atoms with van der Waals surface area (Å²) in [6, 6.07) is 2.74. The molecule has 3 nitrogen and oxygen atoms in total. The number of carbonyl (C=O) groups excluding carboxylic acids is 1. The number of hydrogen-bond acceptors (Lipinski definition) is 2. The molecule has 25 heavy (non-hydrogen) atoms. The molecule has 132 valence electrons. The molecule has 2 aromatic carbocycles. The standard InChI is InChI=1S/C22H28N2O/c1-2-22(25)24(20-11-7-4-8-12-20)21-14-17-23(18-15-21)16-13-19-9-5-3-6-10-19/h3-12,21H,2,13-18H2,1H3/i1D3,2D2,4D,7D,8D,11D,12D,13D2,16D2. The Balaban J connectivity index is 2.03. The molecule has 0 aliphatic carbocycles. The largest absolute Gasteiger partial charge is 0.309 e. The van der Waals surface area contributed by atoms with E-state index in [1.54, 1.807) is 18.2 Å². The number of likely N-dealkylation sites (tertiary alicyclic amines) is 1. The Morgan fingerprint density at radius 3 is 2.64 bits per heavy atom. The second-order valence-electron chi connectivity index (χ2n) is 5.59. The van der Waals surface area contributed by atoms with Crippen LogP contribution in [0.3, 0.4) is 0 Å². The average molecular weight is 351 g/mol. The highest BCUT2D eigenvalue weighted by Crippen LogP contribution is 2.24. The third-order valence-electron chi connectivity index (χ3n) is 4.02. The minimum Gasteiger partial charge on any atom is -0.309 e. The van der Waals surface area contributed by atoms with Crippen LogP contribution >= 0.6 is 0 Å². The average Bonchev–Trinajstić information content (AvgIpc) is 2.88. The van der Waals surface area contributed by atoms with Crippen LogP contribution in [0.5, 0.6) is 0 Å². The normalized spacial score (nSPS) is 26.2. The van der Waals surface area contributed by atoms with Gasteiger partial charge < -0.3 is 9.80 Å². The zero-order valence-corrected chi connectivity index (χ0v) is 13.6. The molecule has 1 fully saturated rings. The maximum absolute atomic E-state index is 13.5. The van der Waals surface area contributed by atoms with Crippen molar-refractivity contribution in [1.29, 1.82) is 0 Å². The SMILES string of the molecule is [2H]c1c([2H])c([2H])c(N(C(=O)C([2H])([2H])C([2H])([2H])[2H])C2CCN(C([2H])([2H])C([2H])([2H])c3ccccc3)CC2)c([2H])c1[2H]. The van der Waals surface area contributed by atoms with Crippen molar-refractivity contribution >= 4 is 11.6 Å². The molecule has 0 N–H and O–H groups in total. The van der Waals surface area contributed by atoms with Crippen LogP contribution in [0.4, 0.5) is 5.69 Å². The number of anilines is 1. The van der Waals surface area contributed by atoms with Gasteiger partial charge in [-0.1, -0.05) is 55.3 Å². The molecule has 1 aliphatic rings. The fourth-order valence-electron chi connectivity index (χ4n) is 2.77. The van der Waals surface area contributed by atoms with Gasteiger partial charge in [-0.15, -0.1) is 0 Å². The van der Waals surface area contributed by atoms with Crippen LogP contribution in [0, 0.1) is 0 Å². The molecule has 3 rings (SSSR count). The van der Waals surface area contributed by atoms with Crippen LogP contribution in [0.2, 0.25) is 0 Å². The first-order valence-corrected chi connectivity index (χ1v) is 7.99. The highest BCUT2D eigenvalue weighted by molar-refractivity contribution is 5.93. The summed E-state index contributed by atoms with van der Waals surface area (Å²) >= 11 is 0. The zero-order chi connectivity index (χ0) is 29.7. The smallest absolute Gasteiger partial charge is 0.226 e. The third-order valence-corrected chi connectivity index (χ3v) is 4.02. The fourth-order valence-corrected chi connectivity index (χ4v) is 2.77. The lowest BCUT2D eigenvalue weighted by molar-refractivity contribution is -0.119. The summed E-state index contributed by atoms with van der Waals surface area (Å²) in [5.74, 6) is -1.61. The van der Waals surface area contributed by atoms with E-state index in [-0.39, 0.29) is 31.5 Å². The number of amides is 1. The predicted octanol–water partition coefficient (Wildman–Crippen LogP) is 4.14. The molecule has 1 heterocycles. The Bertz CT molecular complexity index is 1190. The second-order valence-corrected chi connectivity index (χ2v) is 5.59. The molecule has 0 radical (unpaired) electrons. The zero-order valence-electron chi connectivity index (χ0n) is 27.6. The Labute approximate surface area is 170 Å². The van der Waals surface area contributed by atoms with E-state index in [1.807, 2.05) is 0 Å². The number of para-hydroxylation sites is 1. The van der Waals surface area contributed by atoms with E-state index < -0.39 is 73.9 Å². The van der Waals surface area contributed by atoms with Crippen LogP contribution in [-0.2, 0) is 11.2 Å². The quantitative estimate of drug-likeness (QED) is 0.782. The van der Waals surface area contributed by atoms with Gasteiger partial charge in [-0.2, -0.15) is 0 Å². The van der Waals surface area contributed by atoms with E-state index in [2.05, 4.69) is 0 Å². The Morgan fingerprint density at radius 2 is 1.96 bits per heavy atom. The van der Waals surface area contributed by atoms with E-state index in [0.717, 1.165) is 0 Å². The monoisotopic (exact) mass is 350 g/mol. The number of nitrogens with zero attached hydrogens (tertiary/aromatic N) is 2. The Morgan fingerprint density at radius 1 is 1.24 bits per heavy atom. The predicted molar refractivity (Wildman–Crippen MR) is 104 cm³/mol. The molecule has 1 saturated heterocycles. The van der Waals surface area contributed by atoms with E-state index in [1.165, 1.54) is 17.0 Å². The lowest BCUT2D eigenvalue weighted by Gasteiger charge is -2.38. The highest BCUT2D eigenvalue weighted by Gasteiger charge is 2.28. The number of carbonyl (C=O) groups is 1. The summed E-state index contributed by atoms with van der Waals surface area (Å²) in [7, 11) is 0. The first kappa shape index (κ1) is 7.24. The van der Waals surface area contributed by atoms with Crippen molar-refractivity contribution in [2.75, 3.05) is 24.5 Å². The van der Waals surface area contributed by atoms with E-state index in [9.17, 15) is 4.79 Å². The summed E-state index contributed by atoms with van der Waals surface area (Å²) < 4.78 is 113. The Kier molecular flexibility index (Phi) is 2.55. The Hall–Kier alpha value is -2.13. The molecule has 0 atom stereocenters. The van der Waals surface area contributed by atoms with Crippen LogP contribution in [0.1, 0.15) is 50.8 Å². The third kappa shape index (κ3) is 4.70. The molecule has 0 spiro atoms. The number of piperidine rings is 1. The second kappa shape index (κ2) is 8.82. The molecule has 1 amide bonds. The van der Waals surface area contributed by atoms with Crippen molar-refractivity contribution < 1.29 is 24.0 Å². The number of benzene rings is 2. The number of hydrogen-bond donors (Lipinski definition) is 0. The van der Waals surface area contributed by atoms with E-state index >= 15 is 0 Å². The minimum atomic E-state index is -3.47. The van der Waals surface area contributed by atoms with Crippen molar-refractivity contribution in [2.45, 2.75) is 38.5 Å². The van der Waals surface area contributed by atoms with Gasteiger partial charge in [0, 0.05) is 50.0 Å². The van der Waals surface area contributed by atoms with Gasteiger partial charge in [0.25, 0.3) is 0 Å². The first-order chi connectivity index (χ1) is 17.8. The fraction of sp³-hybridized carbons (Fsp3) is 0.409. The molecule has 0 bridgehead atoms. The molecule has 3 heteroatoms. The van der Waals surface area contributed by atoms with E-state index in [0.29, 0.717) is 4.90 Å². The molecule has 2 aromatic rings. The van der Waals surface area contributed by atoms with Gasteiger partial charge >= 0.3 is 0 Å². The lowest BCUT2D eigenvalue weighted by atomic mass is 10.0. The number of rotatable bonds is 6. The molecule has 0 aromatic heterocycles. The van der Waals surface area contributed by atoms with Gasteiger partial charge in [0.05, 0.1) is 6.85 Å². The summed E-state index contributed by atoms with van der Waals surface area (Å²) in [5, 5.41) is 0. The van der Waals surface area contributed by atoms with Crippen molar-refractivity contribution in [3.63, 3.8) is 0 Å². The molecular weight excluding hydrogens is 308 g/mol. The van der Waals surface area contributed by atoms with Crippen molar-refractivity contribution in [1.82, 2.24) is 4.90 Å². The van der Waals surface area contributed by atoms with Gasteiger partial charge in [0.2, 0.25) is 5.91 Å². The van der Waals surface area contributed by atoms with E-state index in [4.69, 9.17) is 19.2 Å². The number of aryl methyl sites for hydroxylation is 1. The first-order valence-electron chi connectivity index (χ1n) is 15.0. The van der Waals surface area contributed by atoms with Gasteiger partial charge in [-0.25, -0.2) is 0 Å². The summed E-state index contributed by atoms with van der Waals surface area (Å²) in [4.78, 5) is 15.3. The van der Waals surface area contributed by atoms with Gasteiger partial charge in [-0.3, -0.25) is 4.79 Å². The topological polar surface area (TPSA) is 23.6 Å². The van der Waals surface area contributed by atoms with Crippen LogP contribution < -0.4 is 4.90 Å². The summed E-state index contributed by atoms with van der Waals surface area (Å²) in [6.07, 6.45) is -6.14. The van der Waals surface area contributed by atoms with Crippen molar-refractivity contribution in [3.8, 4) is 0 Å². The van der Waals surface area contributed by atoms with Gasteiger partial charge in [-0.05, 0) is 36.9 Å². The molecule has 0 saturated carbocycles.